The minimum atomic E-state index is -0.282. The highest BCUT2D eigenvalue weighted by atomic mass is 19.1. The standard InChI is InChI=1S/C25H36FNO/c1-5-6-7-15-28-22-12-13-23(24(26)17-22)25-14-11-21(18-27-25)16-20(4)10-8-9-19(2)3/h11-14,17-20H,5-10,15-16H2,1-4H3. The van der Waals surface area contributed by atoms with Crippen molar-refractivity contribution in [3.8, 4) is 17.0 Å². The molecule has 0 saturated carbocycles. The summed E-state index contributed by atoms with van der Waals surface area (Å²) in [5.41, 5.74) is 2.42. The van der Waals surface area contributed by atoms with E-state index in [1.54, 1.807) is 6.07 Å². The number of hydrogen-bond acceptors (Lipinski definition) is 2. The molecule has 154 valence electrons. The van der Waals surface area contributed by atoms with Gasteiger partial charge in [-0.3, -0.25) is 4.98 Å². The van der Waals surface area contributed by atoms with Gasteiger partial charge in [-0.1, -0.05) is 65.9 Å². The minimum Gasteiger partial charge on any atom is -0.493 e. The molecule has 3 heteroatoms. The Kier molecular flexibility index (Phi) is 9.46. The van der Waals surface area contributed by atoms with E-state index in [0.29, 0.717) is 29.5 Å². The Labute approximate surface area is 170 Å². The molecule has 0 N–H and O–H groups in total. The number of aromatic nitrogens is 1. The van der Waals surface area contributed by atoms with E-state index < -0.39 is 0 Å². The van der Waals surface area contributed by atoms with Gasteiger partial charge >= 0.3 is 0 Å². The van der Waals surface area contributed by atoms with E-state index in [1.807, 2.05) is 18.3 Å². The molecule has 0 spiro atoms. The van der Waals surface area contributed by atoms with Crippen LogP contribution < -0.4 is 4.74 Å². The molecule has 1 heterocycles. The van der Waals surface area contributed by atoms with Crippen molar-refractivity contribution in [3.05, 3.63) is 47.9 Å². The van der Waals surface area contributed by atoms with Gasteiger partial charge in [-0.2, -0.15) is 0 Å². The van der Waals surface area contributed by atoms with Gasteiger partial charge < -0.3 is 4.74 Å². The predicted molar refractivity (Wildman–Crippen MR) is 116 cm³/mol. The SMILES string of the molecule is CCCCCOc1ccc(-c2ccc(CC(C)CCCC(C)C)cn2)c(F)c1. The van der Waals surface area contributed by atoms with Crippen LogP contribution in [0.15, 0.2) is 36.5 Å². The van der Waals surface area contributed by atoms with E-state index in [2.05, 4.69) is 38.7 Å². The summed E-state index contributed by atoms with van der Waals surface area (Å²) in [6.07, 6.45) is 10.0. The maximum atomic E-state index is 14.5. The highest BCUT2D eigenvalue weighted by molar-refractivity contribution is 5.61. The third-order valence-electron chi connectivity index (χ3n) is 5.12. The summed E-state index contributed by atoms with van der Waals surface area (Å²) in [6, 6.07) is 9.07. The van der Waals surface area contributed by atoms with Gasteiger partial charge in [0.05, 0.1) is 12.3 Å². The van der Waals surface area contributed by atoms with E-state index in [-0.39, 0.29) is 5.82 Å². The number of hydrogen-bond donors (Lipinski definition) is 0. The summed E-state index contributed by atoms with van der Waals surface area (Å²) in [5, 5.41) is 0. The topological polar surface area (TPSA) is 22.1 Å². The molecule has 0 fully saturated rings. The first-order valence-electron chi connectivity index (χ1n) is 10.9. The van der Waals surface area contributed by atoms with Gasteiger partial charge in [-0.25, -0.2) is 4.39 Å². The van der Waals surface area contributed by atoms with Gasteiger partial charge in [-0.15, -0.1) is 0 Å². The van der Waals surface area contributed by atoms with Crippen LogP contribution in [0.2, 0.25) is 0 Å². The van der Waals surface area contributed by atoms with Crippen molar-refractivity contribution >= 4 is 0 Å². The zero-order chi connectivity index (χ0) is 20.4. The molecular formula is C25H36FNO. The highest BCUT2D eigenvalue weighted by Gasteiger charge is 2.10. The molecule has 1 aromatic heterocycles. The normalized spacial score (nSPS) is 12.4. The Hall–Kier alpha value is -1.90. The summed E-state index contributed by atoms with van der Waals surface area (Å²) in [5.74, 6) is 1.72. The first-order valence-corrected chi connectivity index (χ1v) is 10.9. The van der Waals surface area contributed by atoms with E-state index in [1.165, 1.54) is 30.9 Å². The summed E-state index contributed by atoms with van der Waals surface area (Å²) >= 11 is 0. The lowest BCUT2D eigenvalue weighted by atomic mass is 9.94. The number of benzene rings is 1. The van der Waals surface area contributed by atoms with Crippen LogP contribution in [-0.2, 0) is 6.42 Å². The molecule has 1 aromatic carbocycles. The molecule has 1 unspecified atom stereocenters. The molecule has 0 saturated heterocycles. The minimum absolute atomic E-state index is 0.282. The van der Waals surface area contributed by atoms with Crippen molar-refractivity contribution in [1.82, 2.24) is 4.98 Å². The summed E-state index contributed by atoms with van der Waals surface area (Å²) in [7, 11) is 0. The Balaban J connectivity index is 1.91. The second-order valence-electron chi connectivity index (χ2n) is 8.38. The molecule has 2 rings (SSSR count). The molecule has 2 aromatic rings. The summed E-state index contributed by atoms with van der Waals surface area (Å²) in [4.78, 5) is 4.51. The number of halogens is 1. The summed E-state index contributed by atoms with van der Waals surface area (Å²) in [6.45, 7) is 9.64. The maximum absolute atomic E-state index is 14.5. The molecule has 0 radical (unpaired) electrons. The number of pyridine rings is 1. The third kappa shape index (κ3) is 7.61. The third-order valence-corrected chi connectivity index (χ3v) is 5.12. The van der Waals surface area contributed by atoms with Crippen LogP contribution in [0, 0.1) is 17.7 Å². The fraction of sp³-hybridized carbons (Fsp3) is 0.560. The fourth-order valence-corrected chi connectivity index (χ4v) is 3.42. The smallest absolute Gasteiger partial charge is 0.136 e. The number of rotatable bonds is 12. The number of nitrogens with zero attached hydrogens (tertiary/aromatic N) is 1. The van der Waals surface area contributed by atoms with E-state index >= 15 is 0 Å². The Morgan fingerprint density at radius 3 is 2.46 bits per heavy atom. The number of ether oxygens (including phenoxy) is 1. The van der Waals surface area contributed by atoms with Gasteiger partial charge in [0.15, 0.2) is 0 Å². The molecule has 2 nitrogen and oxygen atoms in total. The van der Waals surface area contributed by atoms with Gasteiger partial charge in [0.1, 0.15) is 11.6 Å². The van der Waals surface area contributed by atoms with Crippen LogP contribution in [0.25, 0.3) is 11.3 Å². The van der Waals surface area contributed by atoms with Crippen LogP contribution in [0.4, 0.5) is 4.39 Å². The molecule has 0 aliphatic carbocycles. The predicted octanol–water partition coefficient (Wildman–Crippen LogP) is 7.46. The lowest BCUT2D eigenvalue weighted by Crippen LogP contribution is -2.02. The van der Waals surface area contributed by atoms with Crippen molar-refractivity contribution in [2.24, 2.45) is 11.8 Å². The van der Waals surface area contributed by atoms with Gasteiger partial charge in [0.2, 0.25) is 0 Å². The van der Waals surface area contributed by atoms with Crippen LogP contribution in [-0.4, -0.2) is 11.6 Å². The molecule has 0 amide bonds. The lowest BCUT2D eigenvalue weighted by Gasteiger charge is -2.13. The van der Waals surface area contributed by atoms with Crippen LogP contribution in [0.1, 0.15) is 71.8 Å². The average molecular weight is 386 g/mol. The van der Waals surface area contributed by atoms with Crippen molar-refractivity contribution in [2.45, 2.75) is 72.6 Å². The van der Waals surface area contributed by atoms with Crippen molar-refractivity contribution in [2.75, 3.05) is 6.61 Å². The van der Waals surface area contributed by atoms with E-state index in [0.717, 1.165) is 31.6 Å². The van der Waals surface area contributed by atoms with E-state index in [9.17, 15) is 4.39 Å². The Morgan fingerprint density at radius 1 is 1.00 bits per heavy atom. The molecule has 1 atom stereocenters. The fourth-order valence-electron chi connectivity index (χ4n) is 3.42. The Morgan fingerprint density at radius 2 is 1.82 bits per heavy atom. The molecular weight excluding hydrogens is 349 g/mol. The second kappa shape index (κ2) is 11.8. The van der Waals surface area contributed by atoms with Gasteiger partial charge in [0, 0.05) is 17.8 Å². The highest BCUT2D eigenvalue weighted by Crippen LogP contribution is 2.26. The molecule has 0 bridgehead atoms. The van der Waals surface area contributed by atoms with Crippen LogP contribution in [0.5, 0.6) is 5.75 Å². The molecule has 0 aliphatic rings. The maximum Gasteiger partial charge on any atom is 0.136 e. The lowest BCUT2D eigenvalue weighted by molar-refractivity contribution is 0.305. The zero-order valence-corrected chi connectivity index (χ0v) is 18.0. The largest absolute Gasteiger partial charge is 0.493 e. The number of unbranched alkanes of at least 4 members (excludes halogenated alkanes) is 2. The first kappa shape index (κ1) is 22.4. The average Bonchev–Trinajstić information content (AvgIpc) is 2.66. The summed E-state index contributed by atoms with van der Waals surface area (Å²) < 4.78 is 20.1. The first-order chi connectivity index (χ1) is 13.5. The van der Waals surface area contributed by atoms with Gasteiger partial charge in [-0.05, 0) is 48.4 Å². The second-order valence-corrected chi connectivity index (χ2v) is 8.38. The monoisotopic (exact) mass is 385 g/mol. The Bertz CT molecular complexity index is 696. The van der Waals surface area contributed by atoms with Crippen molar-refractivity contribution in [3.63, 3.8) is 0 Å². The van der Waals surface area contributed by atoms with Crippen LogP contribution in [0.3, 0.4) is 0 Å². The zero-order valence-electron chi connectivity index (χ0n) is 18.0. The van der Waals surface area contributed by atoms with E-state index in [4.69, 9.17) is 4.74 Å². The van der Waals surface area contributed by atoms with Gasteiger partial charge in [0.25, 0.3) is 0 Å². The van der Waals surface area contributed by atoms with Crippen molar-refractivity contribution in [1.29, 1.82) is 0 Å². The van der Waals surface area contributed by atoms with Crippen LogP contribution >= 0.6 is 0 Å². The van der Waals surface area contributed by atoms with Crippen molar-refractivity contribution < 1.29 is 9.13 Å². The quantitative estimate of drug-likeness (QED) is 0.354. The molecule has 0 aliphatic heterocycles. The molecule has 28 heavy (non-hydrogen) atoms.